The van der Waals surface area contributed by atoms with E-state index in [1.807, 2.05) is 0 Å². The number of nitriles is 1. The molecule has 1 aliphatic heterocycles. The van der Waals surface area contributed by atoms with Crippen LogP contribution < -0.4 is 5.32 Å². The lowest BCUT2D eigenvalue weighted by Gasteiger charge is -2.33. The van der Waals surface area contributed by atoms with Gasteiger partial charge in [-0.15, -0.1) is 0 Å². The van der Waals surface area contributed by atoms with Crippen LogP contribution in [0.2, 0.25) is 0 Å². The molecule has 2 rings (SSSR count). The Kier molecular flexibility index (Phi) is 4.18. The van der Waals surface area contributed by atoms with Crippen LogP contribution in [0.25, 0.3) is 0 Å². The Labute approximate surface area is 111 Å². The molecule has 0 bridgehead atoms. The molecule has 0 spiro atoms. The van der Waals surface area contributed by atoms with E-state index in [9.17, 15) is 4.79 Å². The fourth-order valence-corrected chi connectivity index (χ4v) is 2.32. The maximum atomic E-state index is 11.1. The van der Waals surface area contributed by atoms with Gasteiger partial charge in [0, 0.05) is 19.3 Å². The molecule has 1 fully saturated rings. The number of likely N-dealkylation sites (tertiary alicyclic amines) is 1. The first kappa shape index (κ1) is 13.1. The topological polar surface area (TPSA) is 89.3 Å². The van der Waals surface area contributed by atoms with Gasteiger partial charge >= 0.3 is 6.09 Å². The van der Waals surface area contributed by atoms with Crippen LogP contribution in [0.15, 0.2) is 18.3 Å². The molecular formula is C13H16N4O2. The Hall–Kier alpha value is -2.29. The first-order chi connectivity index (χ1) is 9.22. The van der Waals surface area contributed by atoms with E-state index in [-0.39, 0.29) is 6.04 Å². The van der Waals surface area contributed by atoms with Crippen molar-refractivity contribution >= 4 is 11.9 Å². The van der Waals surface area contributed by atoms with Gasteiger partial charge in [0.2, 0.25) is 0 Å². The fraction of sp³-hybridized carbons (Fsp3) is 0.462. The Balaban J connectivity index is 2.01. The van der Waals surface area contributed by atoms with E-state index in [2.05, 4.69) is 16.4 Å². The van der Waals surface area contributed by atoms with Gasteiger partial charge < -0.3 is 15.3 Å². The number of nitrogens with zero attached hydrogens (tertiary/aromatic N) is 3. The van der Waals surface area contributed by atoms with Crippen molar-refractivity contribution < 1.29 is 9.90 Å². The van der Waals surface area contributed by atoms with E-state index in [1.165, 1.54) is 4.90 Å². The number of hydrogen-bond acceptors (Lipinski definition) is 4. The highest BCUT2D eigenvalue weighted by Crippen LogP contribution is 2.18. The average molecular weight is 260 g/mol. The quantitative estimate of drug-likeness (QED) is 0.866. The Morgan fingerprint density at radius 2 is 2.47 bits per heavy atom. The lowest BCUT2D eigenvalue weighted by molar-refractivity contribution is 0.110. The van der Waals surface area contributed by atoms with Gasteiger partial charge in [0.1, 0.15) is 11.9 Å². The third kappa shape index (κ3) is 3.13. The number of rotatable bonds is 3. The van der Waals surface area contributed by atoms with Crippen LogP contribution in [0, 0.1) is 11.3 Å². The molecule has 6 heteroatoms. The molecule has 0 aliphatic carbocycles. The Morgan fingerprint density at radius 1 is 1.63 bits per heavy atom. The van der Waals surface area contributed by atoms with E-state index in [4.69, 9.17) is 10.4 Å². The molecule has 1 aliphatic rings. The normalized spacial score (nSPS) is 18.7. The molecule has 2 heterocycles. The molecule has 100 valence electrons. The minimum atomic E-state index is -0.881. The van der Waals surface area contributed by atoms with Gasteiger partial charge in [-0.1, -0.05) is 0 Å². The number of carbonyl (C=O) groups is 1. The minimum Gasteiger partial charge on any atom is -0.465 e. The van der Waals surface area contributed by atoms with Gasteiger partial charge in [0.15, 0.2) is 0 Å². The van der Waals surface area contributed by atoms with Gasteiger partial charge in [0.25, 0.3) is 0 Å². The van der Waals surface area contributed by atoms with Crippen molar-refractivity contribution in [1.29, 1.82) is 5.26 Å². The van der Waals surface area contributed by atoms with Gasteiger partial charge in [-0.05, 0) is 31.4 Å². The van der Waals surface area contributed by atoms with Gasteiger partial charge in [0.05, 0.1) is 11.6 Å². The van der Waals surface area contributed by atoms with Crippen LogP contribution in [0.4, 0.5) is 10.6 Å². The summed E-state index contributed by atoms with van der Waals surface area (Å²) in [5, 5.41) is 21.2. The Morgan fingerprint density at radius 3 is 3.21 bits per heavy atom. The second-order valence-electron chi connectivity index (χ2n) is 4.52. The molecule has 1 atom stereocenters. The lowest BCUT2D eigenvalue weighted by atomic mass is 10.0. The molecule has 2 N–H and O–H groups in total. The summed E-state index contributed by atoms with van der Waals surface area (Å²) in [6.07, 6.45) is 3.51. The highest BCUT2D eigenvalue weighted by Gasteiger charge is 2.26. The SMILES string of the molecule is N#Cc1cccnc1NCC1CCCCN1C(=O)O. The first-order valence-electron chi connectivity index (χ1n) is 6.31. The zero-order chi connectivity index (χ0) is 13.7. The molecular weight excluding hydrogens is 244 g/mol. The summed E-state index contributed by atoms with van der Waals surface area (Å²) in [5.41, 5.74) is 0.472. The van der Waals surface area contributed by atoms with Crippen LogP contribution in [-0.2, 0) is 0 Å². The summed E-state index contributed by atoms with van der Waals surface area (Å²) in [4.78, 5) is 16.7. The monoisotopic (exact) mass is 260 g/mol. The summed E-state index contributed by atoms with van der Waals surface area (Å²) in [5.74, 6) is 0.515. The number of nitrogens with one attached hydrogen (secondary N) is 1. The number of anilines is 1. The summed E-state index contributed by atoms with van der Waals surface area (Å²) in [7, 11) is 0. The average Bonchev–Trinajstić information content (AvgIpc) is 2.45. The molecule has 6 nitrogen and oxygen atoms in total. The molecule has 1 amide bonds. The van der Waals surface area contributed by atoms with Crippen molar-refractivity contribution in [2.45, 2.75) is 25.3 Å². The van der Waals surface area contributed by atoms with Gasteiger partial charge in [-0.25, -0.2) is 9.78 Å². The zero-order valence-electron chi connectivity index (χ0n) is 10.5. The maximum absolute atomic E-state index is 11.1. The van der Waals surface area contributed by atoms with E-state index >= 15 is 0 Å². The summed E-state index contributed by atoms with van der Waals surface area (Å²) in [6.45, 7) is 1.06. The number of pyridine rings is 1. The number of amides is 1. The van der Waals surface area contributed by atoms with Crippen molar-refractivity contribution in [2.24, 2.45) is 0 Å². The van der Waals surface area contributed by atoms with Crippen molar-refractivity contribution in [3.05, 3.63) is 23.9 Å². The molecule has 19 heavy (non-hydrogen) atoms. The van der Waals surface area contributed by atoms with E-state index < -0.39 is 6.09 Å². The second kappa shape index (κ2) is 6.05. The third-order valence-electron chi connectivity index (χ3n) is 3.31. The molecule has 1 aromatic rings. The standard InChI is InChI=1S/C13H16N4O2/c14-8-10-4-3-6-15-12(10)16-9-11-5-1-2-7-17(11)13(18)19/h3-4,6,11H,1-2,5,7,9H2,(H,15,16)(H,18,19). The number of hydrogen-bond donors (Lipinski definition) is 2. The van der Waals surface area contributed by atoms with Crippen molar-refractivity contribution in [3.63, 3.8) is 0 Å². The zero-order valence-corrected chi connectivity index (χ0v) is 10.5. The predicted molar refractivity (Wildman–Crippen MR) is 69.8 cm³/mol. The van der Waals surface area contributed by atoms with Crippen LogP contribution >= 0.6 is 0 Å². The number of piperidine rings is 1. The lowest BCUT2D eigenvalue weighted by Crippen LogP contribution is -2.46. The van der Waals surface area contributed by atoms with Crippen molar-refractivity contribution in [1.82, 2.24) is 9.88 Å². The first-order valence-corrected chi connectivity index (χ1v) is 6.31. The largest absolute Gasteiger partial charge is 0.465 e. The number of carboxylic acid groups (broad SMARTS) is 1. The molecule has 1 unspecified atom stereocenters. The molecule has 0 aromatic carbocycles. The van der Waals surface area contributed by atoms with E-state index in [1.54, 1.807) is 18.3 Å². The van der Waals surface area contributed by atoms with Crippen molar-refractivity contribution in [3.8, 4) is 6.07 Å². The van der Waals surface area contributed by atoms with Gasteiger partial charge in [-0.2, -0.15) is 5.26 Å². The Bertz CT molecular complexity index is 498. The molecule has 1 aromatic heterocycles. The van der Waals surface area contributed by atoms with E-state index in [0.717, 1.165) is 19.3 Å². The van der Waals surface area contributed by atoms with Crippen LogP contribution in [0.3, 0.4) is 0 Å². The highest BCUT2D eigenvalue weighted by molar-refractivity contribution is 5.65. The second-order valence-corrected chi connectivity index (χ2v) is 4.52. The summed E-state index contributed by atoms with van der Waals surface area (Å²) < 4.78 is 0. The van der Waals surface area contributed by atoms with E-state index in [0.29, 0.717) is 24.5 Å². The predicted octanol–water partition coefficient (Wildman–Crippen LogP) is 1.90. The molecule has 1 saturated heterocycles. The smallest absolute Gasteiger partial charge is 0.407 e. The van der Waals surface area contributed by atoms with Crippen LogP contribution in [-0.4, -0.2) is 40.2 Å². The molecule has 0 radical (unpaired) electrons. The maximum Gasteiger partial charge on any atom is 0.407 e. The highest BCUT2D eigenvalue weighted by atomic mass is 16.4. The summed E-state index contributed by atoms with van der Waals surface area (Å²) >= 11 is 0. The number of aromatic nitrogens is 1. The minimum absolute atomic E-state index is 0.0557. The fourth-order valence-electron chi connectivity index (χ4n) is 2.32. The summed E-state index contributed by atoms with van der Waals surface area (Å²) in [6, 6.07) is 5.39. The van der Waals surface area contributed by atoms with Gasteiger partial charge in [-0.3, -0.25) is 0 Å². The van der Waals surface area contributed by atoms with Crippen LogP contribution in [0.5, 0.6) is 0 Å². The van der Waals surface area contributed by atoms with Crippen molar-refractivity contribution in [2.75, 3.05) is 18.4 Å². The van der Waals surface area contributed by atoms with Crippen LogP contribution in [0.1, 0.15) is 24.8 Å². The third-order valence-corrected chi connectivity index (χ3v) is 3.31. The molecule has 0 saturated carbocycles.